The van der Waals surface area contributed by atoms with Gasteiger partial charge in [-0.25, -0.2) is 4.39 Å². The van der Waals surface area contributed by atoms with Gasteiger partial charge in [0.25, 0.3) is 11.6 Å². The molecule has 1 amide bonds. The molecular weight excluding hydrogens is 283 g/mol. The van der Waals surface area contributed by atoms with Gasteiger partial charge in [0.2, 0.25) is 0 Å². The number of rotatable bonds is 2. The predicted octanol–water partition coefficient (Wildman–Crippen LogP) is 2.70. The Balaban J connectivity index is 2.37. The van der Waals surface area contributed by atoms with Crippen LogP contribution in [0.2, 0.25) is 0 Å². The summed E-state index contributed by atoms with van der Waals surface area (Å²) in [5.74, 6) is -0.345. The van der Waals surface area contributed by atoms with Crippen molar-refractivity contribution in [3.63, 3.8) is 0 Å². The second-order valence-electron chi connectivity index (χ2n) is 4.73. The van der Waals surface area contributed by atoms with Gasteiger partial charge in [-0.1, -0.05) is 6.92 Å². The minimum Gasteiger partial charge on any atom is -0.334 e. The quantitative estimate of drug-likeness (QED) is 0.622. The van der Waals surface area contributed by atoms with Gasteiger partial charge < -0.3 is 4.90 Å². The first-order valence-corrected chi connectivity index (χ1v) is 7.33. The van der Waals surface area contributed by atoms with Crippen molar-refractivity contribution in [2.45, 2.75) is 25.1 Å². The summed E-state index contributed by atoms with van der Waals surface area (Å²) in [6.45, 7) is 4.43. The van der Waals surface area contributed by atoms with Crippen molar-refractivity contribution in [2.75, 3.05) is 12.3 Å². The highest BCUT2D eigenvalue weighted by Gasteiger charge is 2.32. The molecule has 2 rings (SSSR count). The lowest BCUT2D eigenvalue weighted by Crippen LogP contribution is -2.48. The van der Waals surface area contributed by atoms with Crippen molar-refractivity contribution < 1.29 is 14.1 Å². The summed E-state index contributed by atoms with van der Waals surface area (Å²) >= 11 is 1.75. The van der Waals surface area contributed by atoms with Crippen LogP contribution in [-0.2, 0) is 0 Å². The second-order valence-corrected chi connectivity index (χ2v) is 6.22. The lowest BCUT2D eigenvalue weighted by atomic mass is 10.1. The minimum atomic E-state index is -0.653. The molecule has 108 valence electrons. The Morgan fingerprint density at radius 3 is 2.85 bits per heavy atom. The molecule has 0 radical (unpaired) electrons. The van der Waals surface area contributed by atoms with Crippen LogP contribution in [0.3, 0.4) is 0 Å². The smallest absolute Gasteiger partial charge is 0.282 e. The SMILES string of the molecule is CC1SCCN(C(=O)c2cc(F)ccc2[N+](=O)[O-])C1C. The zero-order valence-corrected chi connectivity index (χ0v) is 12.0. The molecule has 1 aliphatic rings. The summed E-state index contributed by atoms with van der Waals surface area (Å²) < 4.78 is 13.3. The summed E-state index contributed by atoms with van der Waals surface area (Å²) in [6, 6.07) is 2.94. The van der Waals surface area contributed by atoms with E-state index in [1.165, 1.54) is 0 Å². The molecule has 1 heterocycles. The molecule has 1 saturated heterocycles. The van der Waals surface area contributed by atoms with Crippen LogP contribution in [0, 0.1) is 15.9 Å². The van der Waals surface area contributed by atoms with Crippen molar-refractivity contribution in [3.05, 3.63) is 39.7 Å². The number of nitro groups is 1. The Morgan fingerprint density at radius 1 is 1.50 bits per heavy atom. The molecule has 7 heteroatoms. The van der Waals surface area contributed by atoms with E-state index in [2.05, 4.69) is 0 Å². The van der Waals surface area contributed by atoms with Gasteiger partial charge in [0, 0.05) is 29.7 Å². The number of hydrogen-bond donors (Lipinski definition) is 0. The summed E-state index contributed by atoms with van der Waals surface area (Å²) in [7, 11) is 0. The predicted molar refractivity (Wildman–Crippen MR) is 75.5 cm³/mol. The molecule has 0 N–H and O–H groups in total. The highest BCUT2D eigenvalue weighted by atomic mass is 32.2. The van der Waals surface area contributed by atoms with Gasteiger partial charge in [0.1, 0.15) is 11.4 Å². The van der Waals surface area contributed by atoms with Gasteiger partial charge in [-0.15, -0.1) is 0 Å². The molecule has 1 aromatic rings. The van der Waals surface area contributed by atoms with Gasteiger partial charge in [-0.3, -0.25) is 14.9 Å². The van der Waals surface area contributed by atoms with E-state index in [1.54, 1.807) is 16.7 Å². The third-order valence-corrected chi connectivity index (χ3v) is 4.87. The standard InChI is InChI=1S/C13H15FN2O3S/c1-8-9(2)20-6-5-15(8)13(17)11-7-10(14)3-4-12(11)16(18)19/h3-4,7-9H,5-6H2,1-2H3. The van der Waals surface area contributed by atoms with Crippen LogP contribution in [0.15, 0.2) is 18.2 Å². The van der Waals surface area contributed by atoms with E-state index < -0.39 is 16.6 Å². The van der Waals surface area contributed by atoms with E-state index in [0.717, 1.165) is 24.0 Å². The molecule has 0 saturated carbocycles. The number of halogens is 1. The zero-order chi connectivity index (χ0) is 14.9. The molecule has 1 aliphatic heterocycles. The number of carbonyl (C=O) groups excluding carboxylic acids is 1. The van der Waals surface area contributed by atoms with Crippen LogP contribution in [0.1, 0.15) is 24.2 Å². The van der Waals surface area contributed by atoms with Crippen molar-refractivity contribution in [2.24, 2.45) is 0 Å². The normalized spacial score (nSPS) is 22.6. The number of thioether (sulfide) groups is 1. The maximum Gasteiger partial charge on any atom is 0.282 e. The van der Waals surface area contributed by atoms with Crippen LogP contribution in [0.25, 0.3) is 0 Å². The lowest BCUT2D eigenvalue weighted by molar-refractivity contribution is -0.385. The topological polar surface area (TPSA) is 63.5 Å². The Labute approximate surface area is 120 Å². The summed E-state index contributed by atoms with van der Waals surface area (Å²) in [5.41, 5.74) is -0.532. The first-order chi connectivity index (χ1) is 9.41. The molecule has 5 nitrogen and oxygen atoms in total. The van der Waals surface area contributed by atoms with E-state index in [1.807, 2.05) is 13.8 Å². The van der Waals surface area contributed by atoms with Crippen LogP contribution >= 0.6 is 11.8 Å². The number of hydrogen-bond acceptors (Lipinski definition) is 4. The van der Waals surface area contributed by atoms with E-state index >= 15 is 0 Å². The van der Waals surface area contributed by atoms with Crippen molar-refractivity contribution in [3.8, 4) is 0 Å². The summed E-state index contributed by atoms with van der Waals surface area (Å²) in [6.07, 6.45) is 0. The van der Waals surface area contributed by atoms with Gasteiger partial charge in [0.15, 0.2) is 0 Å². The first-order valence-electron chi connectivity index (χ1n) is 6.28. The molecule has 0 spiro atoms. The van der Waals surface area contributed by atoms with Crippen LogP contribution in [-0.4, -0.2) is 39.3 Å². The fraction of sp³-hybridized carbons (Fsp3) is 0.462. The fourth-order valence-corrected chi connectivity index (χ4v) is 3.31. The highest BCUT2D eigenvalue weighted by molar-refractivity contribution is 8.00. The van der Waals surface area contributed by atoms with E-state index in [-0.39, 0.29) is 22.5 Å². The molecule has 1 fully saturated rings. The maximum atomic E-state index is 13.3. The largest absolute Gasteiger partial charge is 0.334 e. The molecule has 2 atom stereocenters. The van der Waals surface area contributed by atoms with Crippen LogP contribution < -0.4 is 0 Å². The molecule has 20 heavy (non-hydrogen) atoms. The van der Waals surface area contributed by atoms with Gasteiger partial charge >= 0.3 is 0 Å². The van der Waals surface area contributed by atoms with Gasteiger partial charge in [-0.2, -0.15) is 11.8 Å². The molecule has 1 aromatic carbocycles. The third kappa shape index (κ3) is 2.77. The average Bonchev–Trinajstić information content (AvgIpc) is 2.40. The summed E-state index contributed by atoms with van der Waals surface area (Å²) in [5, 5.41) is 11.2. The molecule has 0 bridgehead atoms. The van der Waals surface area contributed by atoms with Crippen LogP contribution in [0.5, 0.6) is 0 Å². The lowest BCUT2D eigenvalue weighted by Gasteiger charge is -2.37. The van der Waals surface area contributed by atoms with Crippen LogP contribution in [0.4, 0.5) is 10.1 Å². The van der Waals surface area contributed by atoms with Gasteiger partial charge in [0.05, 0.1) is 4.92 Å². The Kier molecular flexibility index (Phi) is 4.27. The number of nitro benzene ring substituents is 1. The zero-order valence-electron chi connectivity index (χ0n) is 11.2. The number of amides is 1. The monoisotopic (exact) mass is 298 g/mol. The highest BCUT2D eigenvalue weighted by Crippen LogP contribution is 2.28. The molecule has 0 aromatic heterocycles. The van der Waals surface area contributed by atoms with E-state index in [4.69, 9.17) is 0 Å². The molecular formula is C13H15FN2O3S. The maximum absolute atomic E-state index is 13.3. The minimum absolute atomic E-state index is 0.0379. The van der Waals surface area contributed by atoms with Crippen molar-refractivity contribution in [1.82, 2.24) is 4.90 Å². The number of benzene rings is 1. The second kappa shape index (κ2) is 5.78. The molecule has 0 aliphatic carbocycles. The third-order valence-electron chi connectivity index (χ3n) is 3.53. The van der Waals surface area contributed by atoms with E-state index in [9.17, 15) is 19.3 Å². The average molecular weight is 298 g/mol. The van der Waals surface area contributed by atoms with Gasteiger partial charge in [-0.05, 0) is 19.1 Å². The van der Waals surface area contributed by atoms with Crippen molar-refractivity contribution >= 4 is 23.4 Å². The first kappa shape index (κ1) is 14.8. The van der Waals surface area contributed by atoms with Crippen molar-refractivity contribution in [1.29, 1.82) is 0 Å². The number of carbonyl (C=O) groups is 1. The molecule has 2 unspecified atom stereocenters. The summed E-state index contributed by atoms with van der Waals surface area (Å²) in [4.78, 5) is 24.4. The Hall–Kier alpha value is -1.63. The number of nitrogens with zero attached hydrogens (tertiary/aromatic N) is 2. The Morgan fingerprint density at radius 2 is 2.20 bits per heavy atom. The fourth-order valence-electron chi connectivity index (χ4n) is 2.21. The van der Waals surface area contributed by atoms with E-state index in [0.29, 0.717) is 6.54 Å². The Bertz CT molecular complexity index is 552.